The third kappa shape index (κ3) is 2.17. The highest BCUT2D eigenvalue weighted by atomic mass is 35.5. The number of nitrogens with zero attached hydrogens (tertiary/aromatic N) is 1. The van der Waals surface area contributed by atoms with Gasteiger partial charge in [-0.05, 0) is 24.6 Å². The van der Waals surface area contributed by atoms with Crippen molar-refractivity contribution in [2.24, 2.45) is 0 Å². The Bertz CT molecular complexity index is 549. The summed E-state index contributed by atoms with van der Waals surface area (Å²) in [4.78, 5) is 4.53. The summed E-state index contributed by atoms with van der Waals surface area (Å²) in [6.45, 7) is 3.00. The molecule has 3 nitrogen and oxygen atoms in total. The van der Waals surface area contributed by atoms with Crippen LogP contribution >= 0.6 is 23.4 Å². The van der Waals surface area contributed by atoms with Crippen LogP contribution in [0.4, 0.5) is 0 Å². The van der Waals surface area contributed by atoms with Crippen LogP contribution in [0.3, 0.4) is 0 Å². The highest BCUT2D eigenvalue weighted by molar-refractivity contribution is 7.99. The predicted molar refractivity (Wildman–Crippen MR) is 71.8 cm³/mol. The number of aryl methyl sites for hydroxylation is 1. The average molecular weight is 269 g/mol. The third-order valence-electron chi connectivity index (χ3n) is 2.88. The van der Waals surface area contributed by atoms with Gasteiger partial charge in [0, 0.05) is 23.1 Å². The summed E-state index contributed by atoms with van der Waals surface area (Å²) < 4.78 is 5.85. The number of hydrogen-bond donors (Lipinski definition) is 1. The van der Waals surface area contributed by atoms with Crippen LogP contribution in [0.25, 0.3) is 11.1 Å². The minimum absolute atomic E-state index is 0.222. The molecule has 0 spiro atoms. The molecule has 3 rings (SSSR count). The third-order valence-corrected chi connectivity index (χ3v) is 4.16. The summed E-state index contributed by atoms with van der Waals surface area (Å²) >= 11 is 7.94. The van der Waals surface area contributed by atoms with Crippen LogP contribution in [0.2, 0.25) is 5.02 Å². The van der Waals surface area contributed by atoms with Gasteiger partial charge in [-0.3, -0.25) is 0 Å². The maximum absolute atomic E-state index is 6.02. The Hall–Kier alpha value is -0.710. The summed E-state index contributed by atoms with van der Waals surface area (Å²) in [5.74, 6) is 2.94. The quantitative estimate of drug-likeness (QED) is 0.862. The van der Waals surface area contributed by atoms with Gasteiger partial charge in [0.1, 0.15) is 5.52 Å². The molecule has 0 amide bonds. The summed E-state index contributed by atoms with van der Waals surface area (Å²) in [6, 6.07) is 3.98. The Kier molecular flexibility index (Phi) is 3.03. The van der Waals surface area contributed by atoms with Crippen LogP contribution in [0.15, 0.2) is 16.5 Å². The fourth-order valence-corrected chi connectivity index (χ4v) is 3.24. The number of thioether (sulfide) groups is 1. The molecule has 2 heterocycles. The van der Waals surface area contributed by atoms with Gasteiger partial charge in [-0.1, -0.05) is 11.6 Å². The van der Waals surface area contributed by atoms with Gasteiger partial charge in [0.25, 0.3) is 0 Å². The van der Waals surface area contributed by atoms with Crippen LogP contribution in [0.1, 0.15) is 17.5 Å². The van der Waals surface area contributed by atoms with Crippen molar-refractivity contribution in [2.45, 2.75) is 13.0 Å². The molecule has 1 aromatic carbocycles. The van der Waals surface area contributed by atoms with Gasteiger partial charge in [-0.25, -0.2) is 4.98 Å². The molecule has 1 fully saturated rings. The lowest BCUT2D eigenvalue weighted by molar-refractivity contribution is 0.441. The van der Waals surface area contributed by atoms with Crippen LogP contribution in [-0.2, 0) is 0 Å². The summed E-state index contributed by atoms with van der Waals surface area (Å²) in [6.07, 6.45) is 0. The first-order chi connectivity index (χ1) is 8.24. The zero-order chi connectivity index (χ0) is 11.8. The van der Waals surface area contributed by atoms with Crippen molar-refractivity contribution in [1.29, 1.82) is 0 Å². The standard InChI is InChI=1S/C12H13ClN2OS/c1-7-4-8(13)5-9-11(7)16-12(15-9)10-6-17-3-2-14-10/h4-5,10,14H,2-3,6H2,1H3. The molecule has 1 atom stereocenters. The lowest BCUT2D eigenvalue weighted by Gasteiger charge is -2.19. The first-order valence-corrected chi connectivity index (χ1v) is 7.15. The zero-order valence-electron chi connectivity index (χ0n) is 9.50. The first-order valence-electron chi connectivity index (χ1n) is 5.62. The minimum Gasteiger partial charge on any atom is -0.439 e. The Morgan fingerprint density at radius 1 is 1.53 bits per heavy atom. The molecule has 90 valence electrons. The van der Waals surface area contributed by atoms with Gasteiger partial charge < -0.3 is 9.73 Å². The van der Waals surface area contributed by atoms with Crippen LogP contribution in [0.5, 0.6) is 0 Å². The second-order valence-corrected chi connectivity index (χ2v) is 5.79. The van der Waals surface area contributed by atoms with Gasteiger partial charge in [-0.2, -0.15) is 11.8 Å². The first kappa shape index (κ1) is 11.4. The van der Waals surface area contributed by atoms with E-state index in [-0.39, 0.29) is 6.04 Å². The number of aromatic nitrogens is 1. The molecule has 0 saturated carbocycles. The second kappa shape index (κ2) is 4.52. The lowest BCUT2D eigenvalue weighted by Crippen LogP contribution is -2.30. The Labute approximate surface area is 109 Å². The summed E-state index contributed by atoms with van der Waals surface area (Å²) in [5, 5.41) is 4.13. The molecule has 1 aliphatic rings. The van der Waals surface area contributed by atoms with Crippen molar-refractivity contribution in [1.82, 2.24) is 10.3 Å². The van der Waals surface area contributed by atoms with Crippen LogP contribution in [0, 0.1) is 6.92 Å². The predicted octanol–water partition coefficient (Wildman–Crippen LogP) is 3.17. The fraction of sp³-hybridized carbons (Fsp3) is 0.417. The maximum Gasteiger partial charge on any atom is 0.213 e. The van der Waals surface area contributed by atoms with E-state index in [9.17, 15) is 0 Å². The molecular formula is C12H13ClN2OS. The van der Waals surface area contributed by atoms with E-state index >= 15 is 0 Å². The topological polar surface area (TPSA) is 38.1 Å². The van der Waals surface area contributed by atoms with E-state index in [0.717, 1.165) is 40.6 Å². The number of benzene rings is 1. The number of fused-ring (bicyclic) bond motifs is 1. The van der Waals surface area contributed by atoms with E-state index in [2.05, 4.69) is 10.3 Å². The van der Waals surface area contributed by atoms with Crippen molar-refractivity contribution < 1.29 is 4.42 Å². The van der Waals surface area contributed by atoms with Gasteiger partial charge in [0.15, 0.2) is 5.58 Å². The van der Waals surface area contributed by atoms with E-state index < -0.39 is 0 Å². The van der Waals surface area contributed by atoms with Crippen LogP contribution in [-0.4, -0.2) is 23.0 Å². The van der Waals surface area contributed by atoms with Crippen molar-refractivity contribution in [2.75, 3.05) is 18.1 Å². The molecule has 2 aromatic rings. The van der Waals surface area contributed by atoms with E-state index in [1.165, 1.54) is 0 Å². The van der Waals surface area contributed by atoms with Crippen molar-refractivity contribution in [3.63, 3.8) is 0 Å². The zero-order valence-corrected chi connectivity index (χ0v) is 11.1. The smallest absolute Gasteiger partial charge is 0.213 e. The van der Waals surface area contributed by atoms with Crippen molar-refractivity contribution in [3.8, 4) is 0 Å². The normalized spacial score (nSPS) is 20.9. The van der Waals surface area contributed by atoms with Crippen LogP contribution < -0.4 is 5.32 Å². The number of oxazole rings is 1. The average Bonchev–Trinajstić information content (AvgIpc) is 2.74. The van der Waals surface area contributed by atoms with Crippen molar-refractivity contribution in [3.05, 3.63) is 28.6 Å². The molecule has 1 aliphatic heterocycles. The molecule has 0 radical (unpaired) electrons. The number of hydrogen-bond acceptors (Lipinski definition) is 4. The molecule has 1 unspecified atom stereocenters. The SMILES string of the molecule is Cc1cc(Cl)cc2nc(C3CSCCN3)oc12. The van der Waals surface area contributed by atoms with Gasteiger partial charge >= 0.3 is 0 Å². The minimum atomic E-state index is 0.222. The Balaban J connectivity index is 2.03. The van der Waals surface area contributed by atoms with Gasteiger partial charge in [-0.15, -0.1) is 0 Å². The van der Waals surface area contributed by atoms with E-state index in [0.29, 0.717) is 5.02 Å². The molecule has 5 heteroatoms. The highest BCUT2D eigenvalue weighted by Crippen LogP contribution is 2.28. The van der Waals surface area contributed by atoms with Gasteiger partial charge in [0.2, 0.25) is 5.89 Å². The van der Waals surface area contributed by atoms with E-state index in [4.69, 9.17) is 16.0 Å². The molecule has 1 saturated heterocycles. The van der Waals surface area contributed by atoms with E-state index in [1.807, 2.05) is 30.8 Å². The lowest BCUT2D eigenvalue weighted by atomic mass is 10.2. The maximum atomic E-state index is 6.02. The Morgan fingerprint density at radius 3 is 3.18 bits per heavy atom. The Morgan fingerprint density at radius 2 is 2.41 bits per heavy atom. The molecular weight excluding hydrogens is 256 g/mol. The largest absolute Gasteiger partial charge is 0.439 e. The van der Waals surface area contributed by atoms with Gasteiger partial charge in [0.05, 0.1) is 6.04 Å². The monoisotopic (exact) mass is 268 g/mol. The molecule has 0 bridgehead atoms. The highest BCUT2D eigenvalue weighted by Gasteiger charge is 2.21. The second-order valence-electron chi connectivity index (χ2n) is 4.20. The molecule has 1 N–H and O–H groups in total. The summed E-state index contributed by atoms with van der Waals surface area (Å²) in [7, 11) is 0. The molecule has 1 aromatic heterocycles. The molecule has 0 aliphatic carbocycles. The van der Waals surface area contributed by atoms with E-state index in [1.54, 1.807) is 0 Å². The molecule has 17 heavy (non-hydrogen) atoms. The number of rotatable bonds is 1. The summed E-state index contributed by atoms with van der Waals surface area (Å²) in [5.41, 5.74) is 2.74. The number of halogens is 1. The fourth-order valence-electron chi connectivity index (χ4n) is 2.05. The number of nitrogens with one attached hydrogen (secondary N) is 1. The van der Waals surface area contributed by atoms with Crippen molar-refractivity contribution >= 4 is 34.5 Å².